The Bertz CT molecular complexity index is 305. The van der Waals surface area contributed by atoms with Crippen LogP contribution in [0.5, 0.6) is 0 Å². The first-order valence-electron chi connectivity index (χ1n) is 6.05. The van der Waals surface area contributed by atoms with Crippen molar-refractivity contribution in [3.8, 4) is 0 Å². The normalized spacial score (nSPS) is 27.6. The molecule has 1 nitrogen and oxygen atoms in total. The van der Waals surface area contributed by atoms with E-state index in [0.717, 1.165) is 5.92 Å². The van der Waals surface area contributed by atoms with E-state index in [1.54, 1.807) is 4.88 Å². The van der Waals surface area contributed by atoms with Gasteiger partial charge in [-0.2, -0.15) is 0 Å². The average molecular weight is 223 g/mol. The fourth-order valence-corrected chi connectivity index (χ4v) is 3.72. The first kappa shape index (κ1) is 11.2. The second kappa shape index (κ2) is 5.13. The van der Waals surface area contributed by atoms with E-state index in [0.29, 0.717) is 6.04 Å². The molecule has 2 heteroatoms. The predicted octanol–water partition coefficient (Wildman–Crippen LogP) is 3.69. The first-order chi connectivity index (χ1) is 7.31. The monoisotopic (exact) mass is 223 g/mol. The van der Waals surface area contributed by atoms with Gasteiger partial charge >= 0.3 is 0 Å². The van der Waals surface area contributed by atoms with Crippen molar-refractivity contribution < 1.29 is 0 Å². The lowest BCUT2D eigenvalue weighted by molar-refractivity contribution is 0.444. The van der Waals surface area contributed by atoms with E-state index in [2.05, 4.69) is 31.4 Å². The third-order valence-electron chi connectivity index (χ3n) is 3.51. The van der Waals surface area contributed by atoms with Gasteiger partial charge < -0.3 is 5.32 Å². The van der Waals surface area contributed by atoms with Crippen LogP contribution in [0.25, 0.3) is 0 Å². The van der Waals surface area contributed by atoms with Crippen LogP contribution >= 0.6 is 11.3 Å². The van der Waals surface area contributed by atoms with Gasteiger partial charge in [0.25, 0.3) is 0 Å². The van der Waals surface area contributed by atoms with E-state index in [4.69, 9.17) is 0 Å². The van der Waals surface area contributed by atoms with Crippen LogP contribution in [0.1, 0.15) is 47.8 Å². The topological polar surface area (TPSA) is 12.0 Å². The minimum absolute atomic E-state index is 0.700. The molecular weight excluding hydrogens is 202 g/mol. The zero-order valence-electron chi connectivity index (χ0n) is 9.75. The smallest absolute Gasteiger partial charge is 0.0141 e. The summed E-state index contributed by atoms with van der Waals surface area (Å²) in [5.74, 6) is 0.760. The van der Waals surface area contributed by atoms with Gasteiger partial charge in [-0.1, -0.05) is 19.3 Å². The summed E-state index contributed by atoms with van der Waals surface area (Å²) < 4.78 is 0. The van der Waals surface area contributed by atoms with Crippen molar-refractivity contribution in [3.63, 3.8) is 0 Å². The highest BCUT2D eigenvalue weighted by molar-refractivity contribution is 7.12. The van der Waals surface area contributed by atoms with Crippen molar-refractivity contribution in [2.45, 2.75) is 51.0 Å². The summed E-state index contributed by atoms with van der Waals surface area (Å²) in [5, 5.41) is 3.51. The van der Waals surface area contributed by atoms with E-state index < -0.39 is 0 Å². The summed E-state index contributed by atoms with van der Waals surface area (Å²) in [7, 11) is 2.11. The lowest BCUT2D eigenvalue weighted by atomic mass is 9.93. The average Bonchev–Trinajstić information content (AvgIpc) is 2.54. The van der Waals surface area contributed by atoms with Crippen LogP contribution < -0.4 is 5.32 Å². The SMILES string of the molecule is CNC1CCCCCC1c1ccc(C)s1. The van der Waals surface area contributed by atoms with Gasteiger partial charge in [0.1, 0.15) is 0 Å². The maximum absolute atomic E-state index is 3.51. The summed E-state index contributed by atoms with van der Waals surface area (Å²) in [4.78, 5) is 3.04. The first-order valence-corrected chi connectivity index (χ1v) is 6.86. The Morgan fingerprint density at radius 3 is 2.67 bits per heavy atom. The minimum atomic E-state index is 0.700. The highest BCUT2D eigenvalue weighted by Gasteiger charge is 2.24. The molecule has 1 N–H and O–H groups in total. The standard InChI is InChI=1S/C13H21NS/c1-10-8-9-13(15-10)11-6-4-3-5-7-12(11)14-2/h8-9,11-12,14H,3-7H2,1-2H3. The second-order valence-electron chi connectivity index (χ2n) is 4.59. The maximum atomic E-state index is 3.51. The molecule has 2 rings (SSSR count). The molecule has 0 aromatic carbocycles. The van der Waals surface area contributed by atoms with Gasteiger partial charge in [0.2, 0.25) is 0 Å². The van der Waals surface area contributed by atoms with Crippen LogP contribution in [0.3, 0.4) is 0 Å². The Balaban J connectivity index is 2.16. The summed E-state index contributed by atoms with van der Waals surface area (Å²) in [6.45, 7) is 2.21. The fourth-order valence-electron chi connectivity index (χ4n) is 2.65. The molecule has 1 aliphatic carbocycles. The van der Waals surface area contributed by atoms with Crippen molar-refractivity contribution in [1.29, 1.82) is 0 Å². The van der Waals surface area contributed by atoms with Crippen LogP contribution in [0.2, 0.25) is 0 Å². The summed E-state index contributed by atoms with van der Waals surface area (Å²) in [6, 6.07) is 5.29. The highest BCUT2D eigenvalue weighted by Crippen LogP contribution is 2.35. The van der Waals surface area contributed by atoms with E-state index in [-0.39, 0.29) is 0 Å². The Morgan fingerprint density at radius 2 is 2.00 bits per heavy atom. The summed E-state index contributed by atoms with van der Waals surface area (Å²) >= 11 is 1.98. The van der Waals surface area contributed by atoms with Gasteiger partial charge in [-0.15, -0.1) is 11.3 Å². The number of hydrogen-bond acceptors (Lipinski definition) is 2. The van der Waals surface area contributed by atoms with Gasteiger partial charge in [0.15, 0.2) is 0 Å². The van der Waals surface area contributed by atoms with Crippen LogP contribution in [-0.4, -0.2) is 13.1 Å². The highest BCUT2D eigenvalue weighted by atomic mass is 32.1. The van der Waals surface area contributed by atoms with Crippen LogP contribution in [-0.2, 0) is 0 Å². The largest absolute Gasteiger partial charge is 0.316 e. The zero-order chi connectivity index (χ0) is 10.7. The number of hydrogen-bond donors (Lipinski definition) is 1. The zero-order valence-corrected chi connectivity index (χ0v) is 10.6. The molecule has 1 saturated carbocycles. The van der Waals surface area contributed by atoms with Gasteiger partial charge in [-0.25, -0.2) is 0 Å². The minimum Gasteiger partial charge on any atom is -0.316 e. The van der Waals surface area contributed by atoms with Gasteiger partial charge in [-0.3, -0.25) is 0 Å². The fraction of sp³-hybridized carbons (Fsp3) is 0.692. The molecule has 1 fully saturated rings. The Morgan fingerprint density at radius 1 is 1.20 bits per heavy atom. The quantitative estimate of drug-likeness (QED) is 0.754. The number of likely N-dealkylation sites (N-methyl/N-ethyl adjacent to an activating group) is 1. The molecule has 2 unspecified atom stereocenters. The summed E-state index contributed by atoms with van der Waals surface area (Å²) in [5.41, 5.74) is 0. The molecule has 0 aliphatic heterocycles. The molecule has 1 aromatic heterocycles. The lowest BCUT2D eigenvalue weighted by Gasteiger charge is -2.23. The molecule has 0 bridgehead atoms. The third-order valence-corrected chi connectivity index (χ3v) is 4.65. The molecule has 0 radical (unpaired) electrons. The van der Waals surface area contributed by atoms with E-state index >= 15 is 0 Å². The Hall–Kier alpha value is -0.340. The van der Waals surface area contributed by atoms with E-state index in [9.17, 15) is 0 Å². The predicted molar refractivity (Wildman–Crippen MR) is 67.7 cm³/mol. The van der Waals surface area contributed by atoms with E-state index in [1.165, 1.54) is 37.0 Å². The van der Waals surface area contributed by atoms with Crippen molar-refractivity contribution >= 4 is 11.3 Å². The van der Waals surface area contributed by atoms with Crippen molar-refractivity contribution in [2.24, 2.45) is 0 Å². The molecule has 1 aromatic rings. The van der Waals surface area contributed by atoms with Crippen molar-refractivity contribution in [2.75, 3.05) is 7.05 Å². The van der Waals surface area contributed by atoms with Crippen LogP contribution in [0, 0.1) is 6.92 Å². The van der Waals surface area contributed by atoms with Crippen molar-refractivity contribution in [3.05, 3.63) is 21.9 Å². The number of aryl methyl sites for hydroxylation is 1. The molecular formula is C13H21NS. The molecule has 0 amide bonds. The number of nitrogens with one attached hydrogen (secondary N) is 1. The molecule has 1 heterocycles. The van der Waals surface area contributed by atoms with Gasteiger partial charge in [0.05, 0.1) is 0 Å². The molecule has 15 heavy (non-hydrogen) atoms. The second-order valence-corrected chi connectivity index (χ2v) is 5.91. The lowest BCUT2D eigenvalue weighted by Crippen LogP contribution is -2.30. The van der Waals surface area contributed by atoms with Crippen LogP contribution in [0.15, 0.2) is 12.1 Å². The van der Waals surface area contributed by atoms with Crippen molar-refractivity contribution in [1.82, 2.24) is 5.32 Å². The Kier molecular flexibility index (Phi) is 3.81. The van der Waals surface area contributed by atoms with Gasteiger partial charge in [0, 0.05) is 21.7 Å². The third kappa shape index (κ3) is 2.61. The number of thiophene rings is 1. The molecule has 2 atom stereocenters. The number of rotatable bonds is 2. The molecule has 84 valence electrons. The van der Waals surface area contributed by atoms with Gasteiger partial charge in [-0.05, 0) is 38.9 Å². The molecule has 0 saturated heterocycles. The molecule has 1 aliphatic rings. The van der Waals surface area contributed by atoms with Crippen LogP contribution in [0.4, 0.5) is 0 Å². The molecule has 0 spiro atoms. The maximum Gasteiger partial charge on any atom is 0.0141 e. The Labute approximate surface area is 96.9 Å². The van der Waals surface area contributed by atoms with E-state index in [1.807, 2.05) is 11.3 Å². The summed E-state index contributed by atoms with van der Waals surface area (Å²) in [6.07, 6.45) is 6.93.